The summed E-state index contributed by atoms with van der Waals surface area (Å²) in [5.74, 6) is -0.170. The van der Waals surface area contributed by atoms with Crippen molar-refractivity contribution in [2.75, 3.05) is 9.80 Å². The van der Waals surface area contributed by atoms with Crippen molar-refractivity contribution >= 4 is 74.0 Å². The fraction of sp³-hybridized carbons (Fsp3) is 0.322. The zero-order valence-corrected chi connectivity index (χ0v) is 44.7. The van der Waals surface area contributed by atoms with E-state index in [1.165, 1.54) is 0 Å². The number of alkyl halides is 1. The third kappa shape index (κ3) is 24.1. The average Bonchev–Trinajstić information content (AvgIpc) is 3.27. The second-order valence-corrected chi connectivity index (χ2v) is 18.8. The highest BCUT2D eigenvalue weighted by Gasteiger charge is 2.36. The maximum atomic E-state index is 12.7. The molecule has 74 heavy (non-hydrogen) atoms. The van der Waals surface area contributed by atoms with Crippen LogP contribution < -0.4 is 9.80 Å². The van der Waals surface area contributed by atoms with Crippen molar-refractivity contribution < 1.29 is 38.1 Å². The largest absolute Gasteiger partial charge is 0.443 e. The van der Waals surface area contributed by atoms with Crippen molar-refractivity contribution in [3.8, 4) is 0 Å². The standard InChI is InChI=1S/C20H4.C19H24BrN3O4.C19H25N3O4.CH4/c1-3-5-7-9-11-13-15-17-19-20-18-16-14-12-10-8-6-4-2;1-18(2,3)26-16(24)23(17(25)27-19(4,5)6)15-21-13-10-8-7-9-12(13)14(11-20)22-15;1-12-13-10-8-9-11-14(13)21-15(20-12)22(16(23)25-18(2,3)4)17(24)26-19(5,6)7;/h1-2H2;7-10H,11H2,1-6H3;8-11H,1-7H3;1H4. The fourth-order valence-corrected chi connectivity index (χ4v) is 5.31. The van der Waals surface area contributed by atoms with Gasteiger partial charge in [0.15, 0.2) is 0 Å². The Labute approximate surface area is 441 Å². The number of imide groups is 2. The van der Waals surface area contributed by atoms with Crippen LogP contribution in [0.5, 0.6) is 0 Å². The molecule has 15 heteroatoms. The molecular formula is C59H57BrN6O8. The van der Waals surface area contributed by atoms with Gasteiger partial charge in [-0.15, -0.1) is 9.80 Å². The Morgan fingerprint density at radius 3 is 1.03 bits per heavy atom. The molecule has 4 amide bonds. The molecule has 2 aromatic carbocycles. The van der Waals surface area contributed by atoms with Crippen molar-refractivity contribution in [2.24, 2.45) is 0 Å². The van der Waals surface area contributed by atoms with Gasteiger partial charge in [-0.25, -0.2) is 39.1 Å². The van der Waals surface area contributed by atoms with Crippen molar-refractivity contribution in [2.45, 2.75) is 125 Å². The van der Waals surface area contributed by atoms with E-state index >= 15 is 0 Å². The molecule has 0 fully saturated rings. The number of anilines is 2. The summed E-state index contributed by atoms with van der Waals surface area (Å²) in [4.78, 5) is 69.7. The number of carbonyl (C=O) groups excluding carboxylic acids is 4. The number of aryl methyl sites for hydroxylation is 1. The number of hydrogen-bond acceptors (Lipinski definition) is 12. The molecule has 4 rings (SSSR count). The lowest BCUT2D eigenvalue weighted by atomic mass is 10.2. The van der Waals surface area contributed by atoms with Gasteiger partial charge in [0, 0.05) is 16.1 Å². The normalized spacial score (nSPS) is 9.59. The van der Waals surface area contributed by atoms with E-state index in [1.54, 1.807) is 102 Å². The molecule has 0 aliphatic carbocycles. The fourth-order valence-electron chi connectivity index (χ4n) is 4.88. The predicted octanol–water partition coefficient (Wildman–Crippen LogP) is 14.0. The lowest BCUT2D eigenvalue weighted by molar-refractivity contribution is 0.0405. The third-order valence-corrected chi connectivity index (χ3v) is 7.93. The molecule has 378 valence electrons. The van der Waals surface area contributed by atoms with Crippen LogP contribution in [0.3, 0.4) is 0 Å². The lowest BCUT2D eigenvalue weighted by Gasteiger charge is -2.27. The van der Waals surface area contributed by atoms with Crippen LogP contribution >= 0.6 is 15.9 Å². The Balaban J connectivity index is 0.000000559. The SMILES string of the molecule is C.C=C=C=C=C=C=C=C=C=C=C=C=C=C=C=C=C=C=C=C.CC(C)(C)OC(=O)N(C(=O)OC(C)(C)C)c1nc(CBr)c2ccccc2n1.Cc1nc(N(C(=O)OC(C)(C)C)C(=O)OC(C)(C)C)nc2ccccc12. The Bertz CT molecular complexity index is 3330. The summed E-state index contributed by atoms with van der Waals surface area (Å²) in [7, 11) is 0. The summed E-state index contributed by atoms with van der Waals surface area (Å²) in [6.07, 6.45) is -3.57. The zero-order chi connectivity index (χ0) is 54.8. The quantitative estimate of drug-likeness (QED) is 0.109. The summed E-state index contributed by atoms with van der Waals surface area (Å²) >= 11 is 3.39. The van der Waals surface area contributed by atoms with Crippen LogP contribution in [0.1, 0.15) is 102 Å². The number of fused-ring (bicyclic) bond motifs is 2. The molecule has 0 aliphatic rings. The number of aromatic nitrogens is 4. The average molecular weight is 1060 g/mol. The molecule has 0 spiro atoms. The van der Waals surface area contributed by atoms with Gasteiger partial charge in [0.2, 0.25) is 11.9 Å². The van der Waals surface area contributed by atoms with E-state index in [0.29, 0.717) is 27.8 Å². The number of para-hydroxylation sites is 2. The highest BCUT2D eigenvalue weighted by atomic mass is 79.9. The van der Waals surface area contributed by atoms with Crippen molar-refractivity contribution in [1.29, 1.82) is 0 Å². The van der Waals surface area contributed by atoms with Gasteiger partial charge in [-0.3, -0.25) is 0 Å². The topological polar surface area (TPSA) is 163 Å². The van der Waals surface area contributed by atoms with Crippen LogP contribution in [-0.2, 0) is 24.3 Å². The first kappa shape index (κ1) is 62.9. The minimum absolute atomic E-state index is 0. The number of rotatable bonds is 3. The van der Waals surface area contributed by atoms with E-state index < -0.39 is 46.8 Å². The smallest absolute Gasteiger partial charge is 0.427 e. The number of carbonyl (C=O) groups is 4. The van der Waals surface area contributed by atoms with Gasteiger partial charge in [-0.05, 0) is 207 Å². The molecule has 4 aromatic rings. The minimum Gasteiger partial charge on any atom is -0.443 e. The van der Waals surface area contributed by atoms with Gasteiger partial charge in [-0.2, -0.15) is 0 Å². The van der Waals surface area contributed by atoms with Gasteiger partial charge in [0.1, 0.15) is 22.4 Å². The number of nitrogens with zero attached hydrogens (tertiary/aromatic N) is 6. The monoisotopic (exact) mass is 1060 g/mol. The highest BCUT2D eigenvalue weighted by Crippen LogP contribution is 2.26. The summed E-state index contributed by atoms with van der Waals surface area (Å²) in [6.45, 7) is 28.9. The zero-order valence-electron chi connectivity index (χ0n) is 43.1. The van der Waals surface area contributed by atoms with E-state index in [1.807, 2.05) is 36.4 Å². The molecule has 0 radical (unpaired) electrons. The van der Waals surface area contributed by atoms with Crippen LogP contribution in [0.2, 0.25) is 0 Å². The Kier molecular flexibility index (Phi) is 25.4. The molecule has 0 aliphatic heterocycles. The molecule has 0 N–H and O–H groups in total. The van der Waals surface area contributed by atoms with Gasteiger partial charge in [-0.1, -0.05) is 71.2 Å². The van der Waals surface area contributed by atoms with Gasteiger partial charge >= 0.3 is 24.4 Å². The second kappa shape index (κ2) is 29.9. The van der Waals surface area contributed by atoms with Gasteiger partial charge in [0.05, 0.1) is 22.4 Å². The van der Waals surface area contributed by atoms with Crippen LogP contribution in [0, 0.1) is 6.92 Å². The van der Waals surface area contributed by atoms with E-state index in [-0.39, 0.29) is 19.3 Å². The molecule has 2 heterocycles. The molecule has 0 unspecified atom stereocenters. The third-order valence-electron chi connectivity index (χ3n) is 7.40. The van der Waals surface area contributed by atoms with E-state index in [4.69, 9.17) is 18.9 Å². The van der Waals surface area contributed by atoms with Gasteiger partial charge in [0.25, 0.3) is 0 Å². The van der Waals surface area contributed by atoms with E-state index in [9.17, 15) is 19.2 Å². The van der Waals surface area contributed by atoms with Crippen molar-refractivity contribution in [3.63, 3.8) is 0 Å². The molecule has 2 aromatic heterocycles. The Morgan fingerprint density at radius 2 is 0.730 bits per heavy atom. The maximum Gasteiger partial charge on any atom is 0.427 e. The first-order valence-corrected chi connectivity index (χ1v) is 22.9. The first-order chi connectivity index (χ1) is 34.2. The lowest BCUT2D eigenvalue weighted by Crippen LogP contribution is -2.44. The van der Waals surface area contributed by atoms with Crippen LogP contribution in [0.4, 0.5) is 31.1 Å². The maximum absolute atomic E-state index is 12.7. The molecule has 0 saturated heterocycles. The number of amides is 4. The number of halogens is 1. The van der Waals surface area contributed by atoms with Crippen molar-refractivity contribution in [1.82, 2.24) is 19.9 Å². The minimum atomic E-state index is -0.896. The summed E-state index contributed by atoms with van der Waals surface area (Å²) in [6, 6.07) is 14.7. The highest BCUT2D eigenvalue weighted by molar-refractivity contribution is 9.08. The second-order valence-electron chi connectivity index (χ2n) is 18.2. The van der Waals surface area contributed by atoms with Crippen molar-refractivity contribution in [3.05, 3.63) is 176 Å². The van der Waals surface area contributed by atoms with E-state index in [2.05, 4.69) is 152 Å². The predicted molar refractivity (Wildman–Crippen MR) is 288 cm³/mol. The number of benzene rings is 2. The molecule has 0 atom stereocenters. The van der Waals surface area contributed by atoms with E-state index in [0.717, 1.165) is 20.6 Å². The molecule has 0 bridgehead atoms. The Morgan fingerprint density at radius 1 is 0.459 bits per heavy atom. The Hall–Kier alpha value is -9.14. The number of hydrogen-bond donors (Lipinski definition) is 0. The van der Waals surface area contributed by atoms with Crippen LogP contribution in [0.25, 0.3) is 21.8 Å². The van der Waals surface area contributed by atoms with Crippen LogP contribution in [0.15, 0.2) is 165 Å². The summed E-state index contributed by atoms with van der Waals surface area (Å²) < 4.78 is 21.4. The first-order valence-electron chi connectivity index (χ1n) is 21.8. The molecule has 14 nitrogen and oxygen atoms in total. The van der Waals surface area contributed by atoms with Crippen LogP contribution in [-0.4, -0.2) is 66.7 Å². The summed E-state index contributed by atoms with van der Waals surface area (Å²) in [5.41, 5.74) is 43.7. The number of ether oxygens (including phenoxy) is 4. The summed E-state index contributed by atoms with van der Waals surface area (Å²) in [5, 5.41) is 2.09. The van der Waals surface area contributed by atoms with Gasteiger partial charge < -0.3 is 18.9 Å². The molecular weight excluding hydrogens is 1000 g/mol. The molecule has 0 saturated carbocycles.